The summed E-state index contributed by atoms with van der Waals surface area (Å²) in [7, 11) is 0. The van der Waals surface area contributed by atoms with Gasteiger partial charge in [0.15, 0.2) is 5.11 Å². The summed E-state index contributed by atoms with van der Waals surface area (Å²) >= 11 is 15.2. The molecule has 1 heterocycles. The fraction of sp³-hybridized carbons (Fsp3) is 0.263. The highest BCUT2D eigenvalue weighted by atomic mass is 79.9. The molecule has 1 amide bonds. The van der Waals surface area contributed by atoms with Crippen molar-refractivity contribution in [2.45, 2.75) is 19.3 Å². The lowest BCUT2D eigenvalue weighted by atomic mass is 10.1. The van der Waals surface area contributed by atoms with Gasteiger partial charge in [-0.15, -0.1) is 0 Å². The number of benzene rings is 2. The first-order valence-electron chi connectivity index (χ1n) is 8.46. The fourth-order valence-electron chi connectivity index (χ4n) is 3.02. The number of amides is 1. The van der Waals surface area contributed by atoms with E-state index < -0.39 is 0 Å². The molecule has 4 nitrogen and oxygen atoms in total. The van der Waals surface area contributed by atoms with E-state index in [1.54, 1.807) is 6.07 Å². The number of nitrogens with zero attached hydrogens (tertiary/aromatic N) is 1. The number of rotatable bonds is 3. The molecule has 2 N–H and O–H groups in total. The van der Waals surface area contributed by atoms with Gasteiger partial charge in [-0.25, -0.2) is 0 Å². The van der Waals surface area contributed by atoms with Crippen molar-refractivity contribution < 1.29 is 4.79 Å². The second-order valence-electron chi connectivity index (χ2n) is 6.07. The smallest absolute Gasteiger partial charge is 0.258 e. The average Bonchev–Trinajstić information content (AvgIpc) is 2.62. The monoisotopic (exact) mass is 451 g/mol. The second kappa shape index (κ2) is 8.84. The number of carbonyl (C=O) groups excluding carboxylic acids is 1. The van der Waals surface area contributed by atoms with Crippen molar-refractivity contribution in [3.63, 3.8) is 0 Å². The lowest BCUT2D eigenvalue weighted by Gasteiger charge is -2.31. The highest BCUT2D eigenvalue weighted by Crippen LogP contribution is 2.35. The van der Waals surface area contributed by atoms with Crippen LogP contribution in [0.2, 0.25) is 5.02 Å². The van der Waals surface area contributed by atoms with Crippen molar-refractivity contribution in [2.24, 2.45) is 0 Å². The Balaban J connectivity index is 1.74. The van der Waals surface area contributed by atoms with Gasteiger partial charge >= 0.3 is 0 Å². The average molecular weight is 453 g/mol. The molecule has 0 radical (unpaired) electrons. The molecule has 2 aromatic carbocycles. The Morgan fingerprint density at radius 3 is 2.54 bits per heavy atom. The number of hydrogen-bond acceptors (Lipinski definition) is 3. The van der Waals surface area contributed by atoms with Crippen molar-refractivity contribution in [3.8, 4) is 0 Å². The highest BCUT2D eigenvalue weighted by molar-refractivity contribution is 9.10. The number of nitrogens with one attached hydrogen (secondary N) is 2. The normalized spacial score (nSPS) is 14.0. The Labute approximate surface area is 172 Å². The van der Waals surface area contributed by atoms with Gasteiger partial charge in [-0.2, -0.15) is 0 Å². The molecule has 2 aromatic rings. The number of hydrogen-bond donors (Lipinski definition) is 2. The Kier molecular flexibility index (Phi) is 6.51. The van der Waals surface area contributed by atoms with Crippen LogP contribution in [0.25, 0.3) is 0 Å². The van der Waals surface area contributed by atoms with Crippen LogP contribution >= 0.6 is 39.7 Å². The summed E-state index contributed by atoms with van der Waals surface area (Å²) in [6.45, 7) is 1.93. The number of piperidine rings is 1. The summed E-state index contributed by atoms with van der Waals surface area (Å²) in [6.07, 6.45) is 3.53. The summed E-state index contributed by atoms with van der Waals surface area (Å²) in [5.41, 5.74) is 2.27. The van der Waals surface area contributed by atoms with Crippen LogP contribution < -0.4 is 15.5 Å². The van der Waals surface area contributed by atoms with Gasteiger partial charge in [0, 0.05) is 17.6 Å². The maximum Gasteiger partial charge on any atom is 0.258 e. The van der Waals surface area contributed by atoms with E-state index in [2.05, 4.69) is 31.5 Å². The van der Waals surface area contributed by atoms with E-state index in [1.807, 2.05) is 36.4 Å². The van der Waals surface area contributed by atoms with Crippen molar-refractivity contribution in [1.82, 2.24) is 5.32 Å². The van der Waals surface area contributed by atoms with Crippen LogP contribution in [0, 0.1) is 0 Å². The van der Waals surface area contributed by atoms with Gasteiger partial charge in [0.25, 0.3) is 5.91 Å². The standard InChI is InChI=1S/C19H19BrClN3OS/c20-14-8-3-2-7-13(14)18(25)23-19(26)22-16-10-6-9-15(21)17(16)24-11-4-1-5-12-24/h2-3,6-10H,1,4-5,11-12H2,(H2,22,23,25,26). The Morgan fingerprint density at radius 1 is 1.08 bits per heavy atom. The molecule has 0 atom stereocenters. The predicted molar refractivity (Wildman–Crippen MR) is 115 cm³/mol. The van der Waals surface area contributed by atoms with Crippen LogP contribution in [0.4, 0.5) is 11.4 Å². The van der Waals surface area contributed by atoms with E-state index in [0.717, 1.165) is 41.8 Å². The van der Waals surface area contributed by atoms with E-state index >= 15 is 0 Å². The van der Waals surface area contributed by atoms with Gasteiger partial charge in [0.05, 0.1) is 22.0 Å². The van der Waals surface area contributed by atoms with Gasteiger partial charge in [0.1, 0.15) is 0 Å². The summed E-state index contributed by atoms with van der Waals surface area (Å²) in [5.74, 6) is -0.267. The minimum Gasteiger partial charge on any atom is -0.369 e. The molecule has 136 valence electrons. The van der Waals surface area contributed by atoms with Gasteiger partial charge in [-0.1, -0.05) is 29.8 Å². The zero-order valence-corrected chi connectivity index (χ0v) is 17.3. The maximum atomic E-state index is 12.4. The molecular formula is C19H19BrClN3OS. The molecule has 0 unspecified atom stereocenters. The second-order valence-corrected chi connectivity index (χ2v) is 7.74. The zero-order chi connectivity index (χ0) is 18.5. The third kappa shape index (κ3) is 4.55. The first-order valence-corrected chi connectivity index (χ1v) is 10.0. The van der Waals surface area contributed by atoms with Crippen molar-refractivity contribution in [3.05, 3.63) is 57.5 Å². The zero-order valence-electron chi connectivity index (χ0n) is 14.1. The van der Waals surface area contributed by atoms with Crippen LogP contribution in [-0.2, 0) is 0 Å². The first kappa shape index (κ1) is 19.1. The van der Waals surface area contributed by atoms with Crippen molar-refractivity contribution >= 4 is 62.1 Å². The molecule has 0 aliphatic carbocycles. The molecule has 0 spiro atoms. The summed E-state index contributed by atoms with van der Waals surface area (Å²) < 4.78 is 0.720. The Hall–Kier alpha value is -1.63. The maximum absolute atomic E-state index is 12.4. The SMILES string of the molecule is O=C(NC(=S)Nc1cccc(Cl)c1N1CCCCC1)c1ccccc1Br. The molecule has 1 fully saturated rings. The minimum absolute atomic E-state index is 0.242. The molecule has 3 rings (SSSR count). The van der Waals surface area contributed by atoms with Crippen LogP contribution in [0.3, 0.4) is 0 Å². The number of para-hydroxylation sites is 1. The molecule has 7 heteroatoms. The predicted octanol–water partition coefficient (Wildman–Crippen LogP) is 5.22. The third-order valence-electron chi connectivity index (χ3n) is 4.25. The lowest BCUT2D eigenvalue weighted by molar-refractivity contribution is 0.0977. The van der Waals surface area contributed by atoms with Crippen LogP contribution in [0.1, 0.15) is 29.6 Å². The van der Waals surface area contributed by atoms with E-state index in [1.165, 1.54) is 6.42 Å². The fourth-order valence-corrected chi connectivity index (χ4v) is 3.99. The number of anilines is 2. The molecule has 0 bridgehead atoms. The van der Waals surface area contributed by atoms with E-state index in [4.69, 9.17) is 23.8 Å². The molecular weight excluding hydrogens is 434 g/mol. The van der Waals surface area contributed by atoms with Gasteiger partial charge in [0.2, 0.25) is 0 Å². The largest absolute Gasteiger partial charge is 0.369 e. The van der Waals surface area contributed by atoms with Crippen LogP contribution in [0.15, 0.2) is 46.9 Å². The first-order chi connectivity index (χ1) is 12.6. The molecule has 0 aromatic heterocycles. The molecule has 1 aliphatic rings. The van der Waals surface area contributed by atoms with Gasteiger partial charge in [-0.3, -0.25) is 10.1 Å². The minimum atomic E-state index is -0.267. The third-order valence-corrected chi connectivity index (χ3v) is 5.45. The Morgan fingerprint density at radius 2 is 1.81 bits per heavy atom. The topological polar surface area (TPSA) is 44.4 Å². The van der Waals surface area contributed by atoms with Crippen LogP contribution in [0.5, 0.6) is 0 Å². The molecule has 1 aliphatic heterocycles. The summed E-state index contributed by atoms with van der Waals surface area (Å²) in [5, 5.41) is 6.77. The molecule has 26 heavy (non-hydrogen) atoms. The lowest BCUT2D eigenvalue weighted by Crippen LogP contribution is -2.35. The summed E-state index contributed by atoms with van der Waals surface area (Å²) in [6, 6.07) is 12.9. The van der Waals surface area contributed by atoms with Crippen LogP contribution in [-0.4, -0.2) is 24.1 Å². The number of thiocarbonyl (C=S) groups is 1. The van der Waals surface area contributed by atoms with Crippen molar-refractivity contribution in [1.29, 1.82) is 0 Å². The Bertz CT molecular complexity index is 824. The van der Waals surface area contributed by atoms with Gasteiger partial charge in [-0.05, 0) is 71.7 Å². The van der Waals surface area contributed by atoms with Crippen molar-refractivity contribution in [2.75, 3.05) is 23.3 Å². The molecule has 1 saturated heterocycles. The van der Waals surface area contributed by atoms with E-state index in [0.29, 0.717) is 10.6 Å². The number of carbonyl (C=O) groups is 1. The van der Waals surface area contributed by atoms with Gasteiger partial charge < -0.3 is 10.2 Å². The quantitative estimate of drug-likeness (QED) is 0.627. The summed E-state index contributed by atoms with van der Waals surface area (Å²) in [4.78, 5) is 14.7. The highest BCUT2D eigenvalue weighted by Gasteiger charge is 2.19. The van der Waals surface area contributed by atoms with E-state index in [-0.39, 0.29) is 11.0 Å². The van der Waals surface area contributed by atoms with E-state index in [9.17, 15) is 4.79 Å². The number of halogens is 2. The molecule has 0 saturated carbocycles.